The largest absolute Gasteiger partial charge is 0.467 e. The Bertz CT molecular complexity index is 1270. The van der Waals surface area contributed by atoms with Crippen molar-refractivity contribution < 1.29 is 9.53 Å². The van der Waals surface area contributed by atoms with Gasteiger partial charge in [0.15, 0.2) is 5.82 Å². The summed E-state index contributed by atoms with van der Waals surface area (Å²) in [6, 6.07) is 10.7. The van der Waals surface area contributed by atoms with Crippen molar-refractivity contribution in [3.63, 3.8) is 0 Å². The second-order valence-corrected chi connectivity index (χ2v) is 10.1. The molecule has 0 spiro atoms. The lowest BCUT2D eigenvalue weighted by molar-refractivity contribution is 0.142. The van der Waals surface area contributed by atoms with Crippen LogP contribution in [0.25, 0.3) is 0 Å². The Labute approximate surface area is 209 Å². The van der Waals surface area contributed by atoms with Gasteiger partial charge in [-0.3, -0.25) is 5.10 Å². The molecule has 1 aromatic carbocycles. The highest BCUT2D eigenvalue weighted by Crippen LogP contribution is 2.43. The number of H-pyrrole nitrogens is 1. The van der Waals surface area contributed by atoms with Crippen LogP contribution in [0.3, 0.4) is 0 Å². The van der Waals surface area contributed by atoms with Crippen molar-refractivity contribution in [1.82, 2.24) is 35.4 Å². The number of hydrogen-bond donors (Lipinski definition) is 3. The van der Waals surface area contributed by atoms with E-state index in [0.717, 1.165) is 43.6 Å². The van der Waals surface area contributed by atoms with Gasteiger partial charge in [-0.25, -0.2) is 4.79 Å². The minimum absolute atomic E-state index is 0.0721. The number of benzene rings is 1. The Hall–Kier alpha value is -3.89. The Morgan fingerprint density at radius 3 is 2.67 bits per heavy atom. The molecule has 3 aromatic rings. The predicted molar refractivity (Wildman–Crippen MR) is 134 cm³/mol. The fourth-order valence-corrected chi connectivity index (χ4v) is 5.26. The van der Waals surface area contributed by atoms with Gasteiger partial charge in [-0.15, -0.1) is 0 Å². The normalized spacial score (nSPS) is 21.9. The van der Waals surface area contributed by atoms with Crippen molar-refractivity contribution in [2.24, 2.45) is 0 Å². The molecule has 36 heavy (non-hydrogen) atoms. The number of carbonyl (C=O) groups excluding carboxylic acids is 1. The number of urea groups is 1. The number of nitrogens with one attached hydrogen (secondary N) is 3. The molecule has 0 radical (unpaired) electrons. The number of hydrogen-bond acceptors (Lipinski definition) is 8. The van der Waals surface area contributed by atoms with Crippen molar-refractivity contribution in [3.05, 3.63) is 47.2 Å². The number of ether oxygens (including phenoxy) is 1. The summed E-state index contributed by atoms with van der Waals surface area (Å²) in [5, 5.41) is 14.1. The third kappa shape index (κ3) is 3.98. The van der Waals surface area contributed by atoms with E-state index in [4.69, 9.17) is 4.74 Å². The van der Waals surface area contributed by atoms with Gasteiger partial charge in [-0.1, -0.05) is 30.3 Å². The first kappa shape index (κ1) is 22.6. The monoisotopic (exact) mass is 489 g/mol. The van der Waals surface area contributed by atoms with E-state index in [9.17, 15) is 4.79 Å². The molecule has 2 aromatic heterocycles. The fraction of sp³-hybridized carbons (Fsp3) is 0.480. The molecule has 3 aliphatic rings. The van der Waals surface area contributed by atoms with Crippen LogP contribution in [0.5, 0.6) is 6.01 Å². The van der Waals surface area contributed by atoms with Crippen LogP contribution in [0.4, 0.5) is 22.5 Å². The summed E-state index contributed by atoms with van der Waals surface area (Å²) in [6.45, 7) is 6.30. The van der Waals surface area contributed by atoms with Crippen LogP contribution in [0.2, 0.25) is 0 Å². The minimum Gasteiger partial charge on any atom is -0.467 e. The third-order valence-corrected chi connectivity index (χ3v) is 7.45. The van der Waals surface area contributed by atoms with E-state index in [2.05, 4.69) is 52.8 Å². The number of carbonyl (C=O) groups is 1. The average Bonchev–Trinajstić information content (AvgIpc) is 3.21. The molecule has 11 heteroatoms. The standard InChI is InChI=1S/C25H31N9O2/c1-25(2)19-17(14-34(25)24(35)26-18-13-16(18)15-9-5-4-6-10-15)20(32-31-19)27-21-28-22(30-23(29-21)36-3)33-11-7-8-12-33/h4-6,9-10,16,18H,7-8,11-14H2,1-3H3,(H,26,35)(H2,27,28,29,30,31,32)/t16-,18+/m1/s1. The smallest absolute Gasteiger partial charge is 0.322 e. The third-order valence-electron chi connectivity index (χ3n) is 7.45. The quantitative estimate of drug-likeness (QED) is 0.482. The van der Waals surface area contributed by atoms with Crippen molar-refractivity contribution in [1.29, 1.82) is 0 Å². The summed E-state index contributed by atoms with van der Waals surface area (Å²) in [5.74, 6) is 1.93. The van der Waals surface area contributed by atoms with E-state index >= 15 is 0 Å². The highest BCUT2D eigenvalue weighted by atomic mass is 16.5. The summed E-state index contributed by atoms with van der Waals surface area (Å²) in [5.41, 5.74) is 2.55. The van der Waals surface area contributed by atoms with Crippen LogP contribution in [0, 0.1) is 0 Å². The van der Waals surface area contributed by atoms with E-state index in [-0.39, 0.29) is 18.1 Å². The maximum atomic E-state index is 13.3. The van der Waals surface area contributed by atoms with Crippen LogP contribution in [0.15, 0.2) is 30.3 Å². The molecule has 188 valence electrons. The van der Waals surface area contributed by atoms with Crippen molar-refractivity contribution in [2.75, 3.05) is 30.4 Å². The molecule has 2 aliphatic heterocycles. The molecule has 2 atom stereocenters. The van der Waals surface area contributed by atoms with Crippen LogP contribution in [0.1, 0.15) is 55.8 Å². The van der Waals surface area contributed by atoms with Gasteiger partial charge < -0.3 is 25.2 Å². The van der Waals surface area contributed by atoms with Gasteiger partial charge in [0.2, 0.25) is 11.9 Å². The number of amides is 2. The lowest BCUT2D eigenvalue weighted by Gasteiger charge is -2.32. The molecule has 1 saturated carbocycles. The van der Waals surface area contributed by atoms with E-state index in [1.165, 1.54) is 5.56 Å². The van der Waals surface area contributed by atoms with Crippen LogP contribution >= 0.6 is 0 Å². The molecule has 0 bridgehead atoms. The summed E-state index contributed by atoms with van der Waals surface area (Å²) in [7, 11) is 1.54. The minimum atomic E-state index is -0.541. The molecule has 6 rings (SSSR count). The van der Waals surface area contributed by atoms with E-state index in [1.807, 2.05) is 36.9 Å². The van der Waals surface area contributed by atoms with Crippen molar-refractivity contribution in [3.8, 4) is 6.01 Å². The second kappa shape index (κ2) is 8.65. The first-order chi connectivity index (χ1) is 17.4. The van der Waals surface area contributed by atoms with Gasteiger partial charge in [0, 0.05) is 30.6 Å². The second-order valence-electron chi connectivity index (χ2n) is 10.1. The molecule has 0 unspecified atom stereocenters. The molecule has 11 nitrogen and oxygen atoms in total. The van der Waals surface area contributed by atoms with E-state index in [0.29, 0.717) is 30.2 Å². The Balaban J connectivity index is 1.18. The number of methoxy groups -OCH3 is 1. The number of fused-ring (bicyclic) bond motifs is 1. The van der Waals surface area contributed by atoms with Crippen LogP contribution in [-0.4, -0.2) is 62.3 Å². The molecular formula is C25H31N9O2. The van der Waals surface area contributed by atoms with Crippen LogP contribution < -0.4 is 20.3 Å². The highest BCUT2D eigenvalue weighted by molar-refractivity contribution is 5.78. The van der Waals surface area contributed by atoms with E-state index in [1.54, 1.807) is 7.11 Å². The van der Waals surface area contributed by atoms with Crippen LogP contribution in [-0.2, 0) is 12.1 Å². The zero-order chi connectivity index (χ0) is 24.9. The number of aromatic amines is 1. The SMILES string of the molecule is COc1nc(Nc2n[nH]c3c2CN(C(=O)N[C@H]2C[C@@H]2c2ccccc2)C3(C)C)nc(N2CCCC2)n1. The first-order valence-corrected chi connectivity index (χ1v) is 12.5. The number of nitrogens with zero attached hydrogens (tertiary/aromatic N) is 6. The highest BCUT2D eigenvalue weighted by Gasteiger charge is 2.46. The fourth-order valence-electron chi connectivity index (χ4n) is 5.26. The predicted octanol–water partition coefficient (Wildman–Crippen LogP) is 3.26. The molecule has 1 saturated heterocycles. The zero-order valence-electron chi connectivity index (χ0n) is 20.8. The molecule has 1 aliphatic carbocycles. The number of rotatable bonds is 6. The lowest BCUT2D eigenvalue weighted by atomic mass is 10.0. The Morgan fingerprint density at radius 1 is 1.14 bits per heavy atom. The van der Waals surface area contributed by atoms with Gasteiger partial charge in [0.05, 0.1) is 24.9 Å². The summed E-state index contributed by atoms with van der Waals surface area (Å²) in [6.07, 6.45) is 3.19. The average molecular weight is 490 g/mol. The summed E-state index contributed by atoms with van der Waals surface area (Å²) in [4.78, 5) is 30.7. The molecular weight excluding hydrogens is 458 g/mol. The first-order valence-electron chi connectivity index (χ1n) is 12.5. The van der Waals surface area contributed by atoms with Gasteiger partial charge in [-0.2, -0.15) is 20.1 Å². The molecule has 2 fully saturated rings. The number of anilines is 3. The van der Waals surface area contributed by atoms with Gasteiger partial charge in [0.25, 0.3) is 0 Å². The van der Waals surface area contributed by atoms with E-state index < -0.39 is 5.54 Å². The maximum Gasteiger partial charge on any atom is 0.322 e. The lowest BCUT2D eigenvalue weighted by Crippen LogP contribution is -2.47. The van der Waals surface area contributed by atoms with Crippen molar-refractivity contribution >= 4 is 23.7 Å². The molecule has 2 amide bonds. The van der Waals surface area contributed by atoms with Gasteiger partial charge >= 0.3 is 12.0 Å². The molecule has 3 N–H and O–H groups in total. The maximum absolute atomic E-state index is 13.3. The Kier molecular flexibility index (Phi) is 5.42. The summed E-state index contributed by atoms with van der Waals surface area (Å²) < 4.78 is 5.31. The van der Waals surface area contributed by atoms with Gasteiger partial charge in [-0.05, 0) is 38.7 Å². The van der Waals surface area contributed by atoms with Crippen molar-refractivity contribution in [2.45, 2.75) is 57.2 Å². The number of aromatic nitrogens is 5. The summed E-state index contributed by atoms with van der Waals surface area (Å²) >= 11 is 0. The zero-order valence-corrected chi connectivity index (χ0v) is 20.8. The topological polar surface area (TPSA) is 124 Å². The Morgan fingerprint density at radius 2 is 1.92 bits per heavy atom. The van der Waals surface area contributed by atoms with Gasteiger partial charge in [0.1, 0.15) is 0 Å². The molecule has 4 heterocycles.